The van der Waals surface area contributed by atoms with Crippen LogP contribution in [-0.4, -0.2) is 56.8 Å². The molecule has 2 saturated heterocycles. The van der Waals surface area contributed by atoms with Gasteiger partial charge in [0.2, 0.25) is 5.91 Å². The van der Waals surface area contributed by atoms with E-state index in [1.165, 1.54) is 4.90 Å². The number of hydrogen-bond acceptors (Lipinski definition) is 6. The molecule has 0 bridgehead atoms. The van der Waals surface area contributed by atoms with E-state index in [2.05, 4.69) is 4.98 Å². The van der Waals surface area contributed by atoms with Gasteiger partial charge in [-0.25, -0.2) is 0 Å². The second-order valence-corrected chi connectivity index (χ2v) is 8.34. The van der Waals surface area contributed by atoms with Crippen LogP contribution in [0.4, 0.5) is 4.79 Å². The Balaban J connectivity index is 1.52. The second kappa shape index (κ2) is 9.40. The predicted molar refractivity (Wildman–Crippen MR) is 113 cm³/mol. The molecule has 7 nitrogen and oxygen atoms in total. The van der Waals surface area contributed by atoms with Crippen molar-refractivity contribution in [3.8, 4) is 0 Å². The van der Waals surface area contributed by atoms with Gasteiger partial charge in [0.15, 0.2) is 0 Å². The summed E-state index contributed by atoms with van der Waals surface area (Å²) in [5.41, 5.74) is 2.23. The molecule has 1 atom stereocenters. The van der Waals surface area contributed by atoms with Crippen LogP contribution in [0.5, 0.6) is 0 Å². The number of pyridine rings is 1. The Kier molecular flexibility index (Phi) is 6.44. The van der Waals surface area contributed by atoms with E-state index >= 15 is 0 Å². The summed E-state index contributed by atoms with van der Waals surface area (Å²) in [7, 11) is 0. The smallest absolute Gasteiger partial charge is 0.289 e. The number of nitrogens with zero attached hydrogens (tertiary/aromatic N) is 3. The van der Waals surface area contributed by atoms with Crippen molar-refractivity contribution in [1.82, 2.24) is 14.8 Å². The lowest BCUT2D eigenvalue weighted by Crippen LogP contribution is -2.37. The summed E-state index contributed by atoms with van der Waals surface area (Å²) in [5.74, 6) is -0.125. The van der Waals surface area contributed by atoms with Gasteiger partial charge >= 0.3 is 0 Å². The van der Waals surface area contributed by atoms with Crippen molar-refractivity contribution >= 4 is 28.8 Å². The second-order valence-electron chi connectivity index (χ2n) is 7.42. The van der Waals surface area contributed by atoms with Gasteiger partial charge in [0.05, 0.1) is 18.4 Å². The molecule has 0 aliphatic carbocycles. The molecule has 8 heteroatoms. The summed E-state index contributed by atoms with van der Waals surface area (Å²) < 4.78 is 5.75. The zero-order chi connectivity index (χ0) is 20.9. The number of thioether (sulfide) groups is 1. The summed E-state index contributed by atoms with van der Waals surface area (Å²) in [6.07, 6.45) is 5.44. The molecule has 2 aliphatic heterocycles. The Bertz CT molecular complexity index is 915. The van der Waals surface area contributed by atoms with E-state index in [0.29, 0.717) is 18.7 Å². The Morgan fingerprint density at radius 1 is 1.23 bits per heavy atom. The molecule has 0 radical (unpaired) electrons. The van der Waals surface area contributed by atoms with Crippen molar-refractivity contribution < 1.29 is 19.1 Å². The maximum Gasteiger partial charge on any atom is 0.289 e. The predicted octanol–water partition coefficient (Wildman–Crippen LogP) is 3.10. The molecule has 0 N–H and O–H groups in total. The largest absolute Gasteiger partial charge is 0.376 e. The molecule has 1 aromatic carbocycles. The van der Waals surface area contributed by atoms with Crippen LogP contribution in [0.2, 0.25) is 0 Å². The van der Waals surface area contributed by atoms with Crippen molar-refractivity contribution in [2.75, 3.05) is 18.9 Å². The number of aromatic nitrogens is 1. The molecule has 2 aromatic rings. The topological polar surface area (TPSA) is 79.8 Å². The van der Waals surface area contributed by atoms with Crippen LogP contribution in [0.1, 0.15) is 34.3 Å². The molecule has 156 valence electrons. The minimum atomic E-state index is -0.242. The number of carbonyl (C=O) groups excluding carboxylic acids is 3. The fourth-order valence-electron chi connectivity index (χ4n) is 3.67. The maximum atomic E-state index is 13.4. The number of amides is 3. The van der Waals surface area contributed by atoms with Gasteiger partial charge in [-0.3, -0.25) is 24.3 Å². The molecule has 30 heavy (non-hydrogen) atoms. The summed E-state index contributed by atoms with van der Waals surface area (Å²) >= 11 is 1.01. The number of benzene rings is 1. The first kappa shape index (κ1) is 20.6. The Morgan fingerprint density at radius 2 is 2.10 bits per heavy atom. The highest BCUT2D eigenvalue weighted by molar-refractivity contribution is 8.14. The van der Waals surface area contributed by atoms with Crippen LogP contribution in [0, 0.1) is 0 Å². The van der Waals surface area contributed by atoms with Crippen LogP contribution in [-0.2, 0) is 22.6 Å². The fourth-order valence-corrected chi connectivity index (χ4v) is 4.39. The third-order valence-corrected chi connectivity index (χ3v) is 6.05. The number of hydrogen-bond donors (Lipinski definition) is 0. The average Bonchev–Trinajstić information content (AvgIpc) is 3.39. The first-order valence-corrected chi connectivity index (χ1v) is 10.9. The average molecular weight is 426 g/mol. The zero-order valence-corrected chi connectivity index (χ0v) is 17.3. The highest BCUT2D eigenvalue weighted by atomic mass is 32.2. The van der Waals surface area contributed by atoms with Crippen molar-refractivity contribution in [3.63, 3.8) is 0 Å². The zero-order valence-electron chi connectivity index (χ0n) is 16.5. The van der Waals surface area contributed by atoms with E-state index in [9.17, 15) is 14.4 Å². The summed E-state index contributed by atoms with van der Waals surface area (Å²) in [6.45, 7) is 1.86. The monoisotopic (exact) mass is 425 g/mol. The van der Waals surface area contributed by atoms with E-state index in [1.54, 1.807) is 35.5 Å². The SMILES string of the molecule is O=C(c1cccc(CN2C(=O)CSC2=O)c1)N(Cc1cccnc1)CC1CCCO1. The highest BCUT2D eigenvalue weighted by Crippen LogP contribution is 2.22. The number of imide groups is 1. The van der Waals surface area contributed by atoms with Gasteiger partial charge in [-0.2, -0.15) is 0 Å². The Morgan fingerprint density at radius 3 is 2.80 bits per heavy atom. The van der Waals surface area contributed by atoms with Crippen LogP contribution >= 0.6 is 11.8 Å². The van der Waals surface area contributed by atoms with E-state index in [4.69, 9.17) is 4.74 Å². The van der Waals surface area contributed by atoms with Crippen molar-refractivity contribution in [1.29, 1.82) is 0 Å². The Labute approximate surface area is 179 Å². The van der Waals surface area contributed by atoms with Gasteiger partial charge in [-0.1, -0.05) is 30.0 Å². The molecular weight excluding hydrogens is 402 g/mol. The van der Waals surface area contributed by atoms with E-state index < -0.39 is 0 Å². The van der Waals surface area contributed by atoms with Gasteiger partial charge in [-0.05, 0) is 42.2 Å². The van der Waals surface area contributed by atoms with Gasteiger partial charge in [-0.15, -0.1) is 0 Å². The fraction of sp³-hybridized carbons (Fsp3) is 0.364. The number of rotatable bonds is 7. The highest BCUT2D eigenvalue weighted by Gasteiger charge is 2.30. The maximum absolute atomic E-state index is 13.4. The minimum Gasteiger partial charge on any atom is -0.376 e. The third-order valence-electron chi connectivity index (χ3n) is 5.19. The number of carbonyl (C=O) groups is 3. The van der Waals surface area contributed by atoms with Crippen LogP contribution in [0.15, 0.2) is 48.8 Å². The van der Waals surface area contributed by atoms with Crippen LogP contribution < -0.4 is 0 Å². The van der Waals surface area contributed by atoms with Crippen LogP contribution in [0.25, 0.3) is 0 Å². The lowest BCUT2D eigenvalue weighted by atomic mass is 10.1. The molecule has 3 amide bonds. The molecule has 3 heterocycles. The lowest BCUT2D eigenvalue weighted by molar-refractivity contribution is -0.125. The van der Waals surface area contributed by atoms with Gasteiger partial charge in [0.1, 0.15) is 0 Å². The standard InChI is InChI=1S/C22H23N3O4S/c26-20-15-30-22(28)25(20)13-16-4-1-6-18(10-16)21(27)24(14-19-7-3-9-29-19)12-17-5-2-8-23-11-17/h1-2,4-6,8,10-11,19H,3,7,9,12-15H2. The van der Waals surface area contributed by atoms with Crippen molar-refractivity contribution in [3.05, 3.63) is 65.5 Å². The van der Waals surface area contributed by atoms with Crippen LogP contribution in [0.3, 0.4) is 0 Å². The quantitative estimate of drug-likeness (QED) is 0.678. The molecule has 2 aliphatic rings. The minimum absolute atomic E-state index is 0.0330. The summed E-state index contributed by atoms with van der Waals surface area (Å²) in [4.78, 5) is 44.3. The van der Waals surface area contributed by atoms with Gasteiger partial charge in [0.25, 0.3) is 11.1 Å². The van der Waals surface area contributed by atoms with Crippen molar-refractivity contribution in [2.45, 2.75) is 32.0 Å². The summed E-state index contributed by atoms with van der Waals surface area (Å²) in [5, 5.41) is -0.242. The van der Waals surface area contributed by atoms with E-state index in [0.717, 1.165) is 42.3 Å². The van der Waals surface area contributed by atoms with E-state index in [-0.39, 0.29) is 35.5 Å². The number of ether oxygens (including phenoxy) is 1. The first-order chi connectivity index (χ1) is 14.6. The normalized spacial score (nSPS) is 18.8. The molecule has 0 spiro atoms. The van der Waals surface area contributed by atoms with Gasteiger partial charge < -0.3 is 9.64 Å². The molecule has 1 aromatic heterocycles. The first-order valence-electron chi connectivity index (χ1n) is 9.96. The molecule has 0 saturated carbocycles. The molecule has 1 unspecified atom stereocenters. The van der Waals surface area contributed by atoms with E-state index in [1.807, 2.05) is 18.2 Å². The summed E-state index contributed by atoms with van der Waals surface area (Å²) in [6, 6.07) is 10.9. The van der Waals surface area contributed by atoms with Gasteiger partial charge in [0, 0.05) is 37.7 Å². The van der Waals surface area contributed by atoms with Crippen molar-refractivity contribution in [2.24, 2.45) is 0 Å². The Hall–Kier alpha value is -2.71. The molecule has 2 fully saturated rings. The molecular formula is C22H23N3O4S. The third kappa shape index (κ3) is 4.88. The molecule has 4 rings (SSSR count). The lowest BCUT2D eigenvalue weighted by Gasteiger charge is -2.26.